The van der Waals surface area contributed by atoms with E-state index in [1.165, 1.54) is 6.07 Å². The number of hydrogen-bond donors (Lipinski definition) is 2. The van der Waals surface area contributed by atoms with Crippen molar-refractivity contribution in [2.24, 2.45) is 0 Å². The smallest absolute Gasteiger partial charge is 0.399 e. The van der Waals surface area contributed by atoms with Crippen LogP contribution in [0.5, 0.6) is 0 Å². The first-order chi connectivity index (χ1) is 12.6. The summed E-state index contributed by atoms with van der Waals surface area (Å²) in [5.41, 5.74) is 12.7. The van der Waals surface area contributed by atoms with Gasteiger partial charge in [-0.25, -0.2) is 0 Å². The molecule has 0 aliphatic rings. The van der Waals surface area contributed by atoms with E-state index in [0.29, 0.717) is 22.0 Å². The first-order valence-electron chi connectivity index (χ1n) is 7.51. The van der Waals surface area contributed by atoms with Crippen LogP contribution in [0, 0.1) is 0 Å². The molecule has 8 heteroatoms. The van der Waals surface area contributed by atoms with Crippen LogP contribution < -0.4 is 11.5 Å². The Balaban J connectivity index is 0.000000244. The van der Waals surface area contributed by atoms with E-state index in [-0.39, 0.29) is 5.02 Å². The lowest BCUT2D eigenvalue weighted by Crippen LogP contribution is -2.04. The highest BCUT2D eigenvalue weighted by Crippen LogP contribution is 2.35. The molecule has 0 amide bonds. The van der Waals surface area contributed by atoms with Crippen LogP contribution in [0.2, 0.25) is 10.0 Å². The number of halogens is 6. The highest BCUT2D eigenvalue weighted by Gasteiger charge is 2.30. The molecule has 3 aromatic carbocycles. The van der Waals surface area contributed by atoms with E-state index in [1.54, 1.807) is 36.4 Å². The fourth-order valence-corrected chi connectivity index (χ4v) is 2.83. The van der Waals surface area contributed by atoms with Crippen LogP contribution in [0.25, 0.3) is 11.1 Å². The second kappa shape index (κ2) is 8.87. The zero-order valence-corrected chi connectivity index (χ0v) is 16.8. The van der Waals surface area contributed by atoms with E-state index in [2.05, 4.69) is 15.9 Å². The van der Waals surface area contributed by atoms with Crippen molar-refractivity contribution in [2.75, 3.05) is 11.5 Å². The largest absolute Gasteiger partial charge is 0.416 e. The van der Waals surface area contributed by atoms with Crippen LogP contribution in [-0.2, 0) is 6.18 Å². The minimum absolute atomic E-state index is 0.0644. The molecule has 0 aliphatic heterocycles. The van der Waals surface area contributed by atoms with E-state index in [9.17, 15) is 13.2 Å². The summed E-state index contributed by atoms with van der Waals surface area (Å²) in [5, 5.41) is 0.713. The van der Waals surface area contributed by atoms with E-state index in [4.69, 9.17) is 34.7 Å². The van der Waals surface area contributed by atoms with Crippen molar-refractivity contribution in [3.05, 3.63) is 80.7 Å². The maximum Gasteiger partial charge on any atom is 0.416 e. The third-order valence-electron chi connectivity index (χ3n) is 3.46. The Bertz CT molecular complexity index is 929. The van der Waals surface area contributed by atoms with Crippen molar-refractivity contribution in [3.63, 3.8) is 0 Å². The summed E-state index contributed by atoms with van der Waals surface area (Å²) >= 11 is 14.8. The summed E-state index contributed by atoms with van der Waals surface area (Å²) in [6.07, 6.45) is -4.39. The van der Waals surface area contributed by atoms with Gasteiger partial charge in [-0.05, 0) is 64.0 Å². The van der Waals surface area contributed by atoms with Gasteiger partial charge in [-0.2, -0.15) is 13.2 Å². The molecule has 0 spiro atoms. The molecular weight excluding hydrogens is 464 g/mol. The molecule has 3 rings (SSSR count). The molecule has 0 saturated carbocycles. The molecule has 0 atom stereocenters. The molecule has 0 bridgehead atoms. The number of hydrogen-bond acceptors (Lipinski definition) is 2. The number of alkyl halides is 3. The summed E-state index contributed by atoms with van der Waals surface area (Å²) in [6.45, 7) is 0. The normalized spacial score (nSPS) is 10.9. The van der Waals surface area contributed by atoms with Gasteiger partial charge in [0.25, 0.3) is 0 Å². The van der Waals surface area contributed by atoms with Crippen molar-refractivity contribution < 1.29 is 13.2 Å². The third kappa shape index (κ3) is 6.06. The molecule has 0 aliphatic carbocycles. The monoisotopic (exact) mass is 476 g/mol. The van der Waals surface area contributed by atoms with Gasteiger partial charge < -0.3 is 11.5 Å². The SMILES string of the molecule is Nc1ccc(-c2ccc(C(F)(F)F)cc2Cl)cc1.Nc1ccc(Br)c(Cl)c1. The minimum Gasteiger partial charge on any atom is -0.399 e. The summed E-state index contributed by atoms with van der Waals surface area (Å²) in [4.78, 5) is 0. The lowest BCUT2D eigenvalue weighted by Gasteiger charge is -2.10. The first kappa shape index (κ1) is 21.4. The number of rotatable bonds is 1. The summed E-state index contributed by atoms with van der Waals surface area (Å²) in [7, 11) is 0. The third-order valence-corrected chi connectivity index (χ3v) is 5.01. The van der Waals surface area contributed by atoms with Crippen molar-refractivity contribution >= 4 is 50.5 Å². The molecule has 4 N–H and O–H groups in total. The van der Waals surface area contributed by atoms with Gasteiger partial charge in [-0.15, -0.1) is 0 Å². The van der Waals surface area contributed by atoms with Gasteiger partial charge in [0.15, 0.2) is 0 Å². The predicted molar refractivity (Wildman–Crippen MR) is 110 cm³/mol. The second-order valence-electron chi connectivity index (χ2n) is 5.49. The molecule has 0 aromatic heterocycles. The fourth-order valence-electron chi connectivity index (χ4n) is 2.10. The number of benzene rings is 3. The zero-order chi connectivity index (χ0) is 20.2. The van der Waals surface area contributed by atoms with E-state index >= 15 is 0 Å². The minimum atomic E-state index is -4.39. The van der Waals surface area contributed by atoms with Gasteiger partial charge in [0.2, 0.25) is 0 Å². The average Bonchev–Trinajstić information content (AvgIpc) is 2.59. The van der Waals surface area contributed by atoms with Crippen LogP contribution in [0.3, 0.4) is 0 Å². The molecule has 3 aromatic rings. The lowest BCUT2D eigenvalue weighted by atomic mass is 10.0. The second-order valence-corrected chi connectivity index (χ2v) is 7.16. The van der Waals surface area contributed by atoms with Gasteiger partial charge in [0, 0.05) is 26.4 Å². The highest BCUT2D eigenvalue weighted by molar-refractivity contribution is 9.10. The Morgan fingerprint density at radius 2 is 1.33 bits per heavy atom. The molecule has 0 heterocycles. The Hall–Kier alpha value is -1.89. The van der Waals surface area contributed by atoms with Gasteiger partial charge in [0.05, 0.1) is 10.6 Å². The standard InChI is InChI=1S/C13H9ClF3N.C6H5BrClN/c14-12-7-9(13(15,16)17)3-6-11(12)8-1-4-10(18)5-2-8;7-5-2-1-4(9)3-6(5)8/h1-7H,18H2;1-3H,9H2. The van der Waals surface area contributed by atoms with Gasteiger partial charge in [0.1, 0.15) is 0 Å². The average molecular weight is 478 g/mol. The van der Waals surface area contributed by atoms with Gasteiger partial charge in [-0.1, -0.05) is 41.4 Å². The molecule has 0 fully saturated rings. The number of nitrogens with two attached hydrogens (primary N) is 2. The maximum absolute atomic E-state index is 12.5. The summed E-state index contributed by atoms with van der Waals surface area (Å²) < 4.78 is 38.3. The molecule has 0 radical (unpaired) electrons. The van der Waals surface area contributed by atoms with Crippen LogP contribution in [0.1, 0.15) is 5.56 Å². The highest BCUT2D eigenvalue weighted by atomic mass is 79.9. The molecule has 142 valence electrons. The number of nitrogen functional groups attached to an aromatic ring is 2. The van der Waals surface area contributed by atoms with Crippen LogP contribution in [0.15, 0.2) is 65.1 Å². The Morgan fingerprint density at radius 3 is 1.81 bits per heavy atom. The summed E-state index contributed by atoms with van der Waals surface area (Å²) in [6, 6.07) is 15.4. The van der Waals surface area contributed by atoms with Crippen LogP contribution in [0.4, 0.5) is 24.5 Å². The van der Waals surface area contributed by atoms with Crippen molar-refractivity contribution in [1.82, 2.24) is 0 Å². The molecule has 27 heavy (non-hydrogen) atoms. The van der Waals surface area contributed by atoms with Crippen molar-refractivity contribution in [3.8, 4) is 11.1 Å². The zero-order valence-electron chi connectivity index (χ0n) is 13.7. The molecule has 0 unspecified atom stereocenters. The fraction of sp³-hybridized carbons (Fsp3) is 0.0526. The topological polar surface area (TPSA) is 52.0 Å². The lowest BCUT2D eigenvalue weighted by molar-refractivity contribution is -0.137. The van der Waals surface area contributed by atoms with Gasteiger partial charge in [-0.3, -0.25) is 0 Å². The Morgan fingerprint density at radius 1 is 0.741 bits per heavy atom. The number of anilines is 2. The summed E-state index contributed by atoms with van der Waals surface area (Å²) in [5.74, 6) is 0. The molecular formula is C19H14BrCl2F3N2. The predicted octanol–water partition coefficient (Wildman–Crippen LogP) is 7.29. The van der Waals surface area contributed by atoms with Crippen LogP contribution in [-0.4, -0.2) is 0 Å². The molecule has 0 saturated heterocycles. The van der Waals surface area contributed by atoms with E-state index < -0.39 is 11.7 Å². The Labute approximate surface area is 173 Å². The first-order valence-corrected chi connectivity index (χ1v) is 9.06. The quantitative estimate of drug-likeness (QED) is 0.361. The maximum atomic E-state index is 12.5. The van der Waals surface area contributed by atoms with Crippen molar-refractivity contribution in [2.45, 2.75) is 6.18 Å². The van der Waals surface area contributed by atoms with E-state index in [0.717, 1.165) is 22.2 Å². The van der Waals surface area contributed by atoms with E-state index in [1.807, 2.05) is 6.07 Å². The van der Waals surface area contributed by atoms with Crippen molar-refractivity contribution in [1.29, 1.82) is 0 Å². The molecule has 2 nitrogen and oxygen atoms in total. The van der Waals surface area contributed by atoms with Gasteiger partial charge >= 0.3 is 6.18 Å². The Kier molecular flexibility index (Phi) is 7.03. The van der Waals surface area contributed by atoms with Crippen LogP contribution >= 0.6 is 39.1 Å².